The van der Waals surface area contributed by atoms with Crippen LogP contribution in [-0.4, -0.2) is 35.3 Å². The molecule has 23 heavy (non-hydrogen) atoms. The minimum atomic E-state index is -4.49. The van der Waals surface area contributed by atoms with Crippen LogP contribution in [0.25, 0.3) is 0 Å². The molecular weight excluding hydrogens is 337 g/mol. The molecule has 1 amide bonds. The van der Waals surface area contributed by atoms with Crippen LogP contribution in [0.2, 0.25) is 0 Å². The maximum absolute atomic E-state index is 12.2. The molecule has 0 unspecified atom stereocenters. The van der Waals surface area contributed by atoms with Crippen molar-refractivity contribution in [3.63, 3.8) is 0 Å². The predicted octanol–water partition coefficient (Wildman–Crippen LogP) is 1.10. The third-order valence-corrected chi connectivity index (χ3v) is 3.75. The van der Waals surface area contributed by atoms with E-state index in [1.165, 1.54) is 24.5 Å². The van der Waals surface area contributed by atoms with Gasteiger partial charge in [-0.25, -0.2) is 13.1 Å². The molecule has 0 saturated carbocycles. The van der Waals surface area contributed by atoms with E-state index >= 15 is 0 Å². The number of alkyl halides is 3. The van der Waals surface area contributed by atoms with Crippen LogP contribution in [0, 0.1) is 0 Å². The smallest absolute Gasteiger partial charge is 0.266 e. The molecule has 2 aromatic rings. The summed E-state index contributed by atoms with van der Waals surface area (Å²) in [7, 11) is -4.02. The molecular formula is C12H11F3N4O3S. The number of hydrogen-bond acceptors (Lipinski definition) is 5. The lowest BCUT2D eigenvalue weighted by atomic mass is 10.3. The van der Waals surface area contributed by atoms with Gasteiger partial charge in [0.05, 0.1) is 5.75 Å². The number of rotatable bonds is 5. The van der Waals surface area contributed by atoms with E-state index in [4.69, 9.17) is 0 Å². The van der Waals surface area contributed by atoms with Crippen molar-refractivity contribution in [3.05, 3.63) is 48.0 Å². The molecule has 0 saturated heterocycles. The van der Waals surface area contributed by atoms with E-state index < -0.39 is 40.1 Å². The van der Waals surface area contributed by atoms with E-state index in [0.29, 0.717) is 10.2 Å². The highest BCUT2D eigenvalue weighted by Crippen LogP contribution is 2.17. The van der Waals surface area contributed by atoms with Crippen molar-refractivity contribution in [3.8, 4) is 0 Å². The summed E-state index contributed by atoms with van der Waals surface area (Å²) in [6.07, 6.45) is -0.772. The average Bonchev–Trinajstić information content (AvgIpc) is 2.85. The number of nitrogens with zero attached hydrogens (tertiary/aromatic N) is 3. The molecule has 7 nitrogen and oxygen atoms in total. The number of amides is 1. The van der Waals surface area contributed by atoms with E-state index in [1.54, 1.807) is 4.72 Å². The summed E-state index contributed by atoms with van der Waals surface area (Å²) in [5.74, 6) is -1.59. The predicted molar refractivity (Wildman–Crippen MR) is 72.6 cm³/mol. The SMILES string of the molecule is O=C(NS(=O)(=O)Cc1cccnc1)c1ccn(CC(F)(F)F)n1. The largest absolute Gasteiger partial charge is 0.408 e. The number of hydrogen-bond donors (Lipinski definition) is 1. The highest BCUT2D eigenvalue weighted by molar-refractivity contribution is 7.89. The van der Waals surface area contributed by atoms with E-state index in [-0.39, 0.29) is 0 Å². The molecule has 2 aromatic heterocycles. The minimum absolute atomic E-state index is 0.357. The monoisotopic (exact) mass is 348 g/mol. The van der Waals surface area contributed by atoms with Gasteiger partial charge in [0, 0.05) is 18.6 Å². The number of halogens is 3. The second-order valence-electron chi connectivity index (χ2n) is 4.57. The Balaban J connectivity index is 2.04. The quantitative estimate of drug-likeness (QED) is 0.873. The third-order valence-electron chi connectivity index (χ3n) is 2.54. The summed E-state index contributed by atoms with van der Waals surface area (Å²) < 4.78 is 62.5. The molecule has 0 aliphatic heterocycles. The number of carbonyl (C=O) groups is 1. The summed E-state index contributed by atoms with van der Waals surface area (Å²) in [4.78, 5) is 15.5. The number of carbonyl (C=O) groups excluding carboxylic acids is 1. The van der Waals surface area contributed by atoms with E-state index in [2.05, 4.69) is 10.1 Å². The molecule has 0 atom stereocenters. The molecule has 11 heteroatoms. The van der Waals surface area contributed by atoms with Crippen molar-refractivity contribution < 1.29 is 26.4 Å². The maximum Gasteiger partial charge on any atom is 0.408 e. The highest BCUT2D eigenvalue weighted by atomic mass is 32.2. The Labute approximate surface area is 129 Å². The van der Waals surface area contributed by atoms with Crippen molar-refractivity contribution >= 4 is 15.9 Å². The molecule has 0 aliphatic carbocycles. The van der Waals surface area contributed by atoms with Crippen LogP contribution in [-0.2, 0) is 22.3 Å². The summed E-state index contributed by atoms with van der Waals surface area (Å²) in [5, 5.41) is 3.39. The Morgan fingerprint density at radius 2 is 2.04 bits per heavy atom. The average molecular weight is 348 g/mol. The van der Waals surface area contributed by atoms with Crippen LogP contribution < -0.4 is 4.72 Å². The third kappa shape index (κ3) is 5.36. The zero-order valence-corrected chi connectivity index (χ0v) is 12.3. The number of nitrogens with one attached hydrogen (secondary N) is 1. The van der Waals surface area contributed by atoms with E-state index in [1.807, 2.05) is 0 Å². The van der Waals surface area contributed by atoms with Crippen LogP contribution >= 0.6 is 0 Å². The van der Waals surface area contributed by atoms with Crippen LogP contribution in [0.5, 0.6) is 0 Å². The Kier molecular flexibility index (Phi) is 4.68. The fraction of sp³-hybridized carbons (Fsp3) is 0.250. The standard InChI is InChI=1S/C12H11F3N4O3S/c13-12(14,15)8-19-5-3-10(17-19)11(20)18-23(21,22)7-9-2-1-4-16-6-9/h1-6H,7-8H2,(H,18,20). The van der Waals surface area contributed by atoms with Gasteiger partial charge in [0.25, 0.3) is 5.91 Å². The van der Waals surface area contributed by atoms with E-state index in [0.717, 1.165) is 12.3 Å². The van der Waals surface area contributed by atoms with Crippen molar-refractivity contribution in [2.24, 2.45) is 0 Å². The summed E-state index contributed by atoms with van der Waals surface area (Å²) in [5.41, 5.74) is -0.0700. The Morgan fingerprint density at radius 3 is 2.65 bits per heavy atom. The lowest BCUT2D eigenvalue weighted by Crippen LogP contribution is -2.32. The van der Waals surface area contributed by atoms with Gasteiger partial charge in [-0.3, -0.25) is 14.5 Å². The highest BCUT2D eigenvalue weighted by Gasteiger charge is 2.29. The summed E-state index contributed by atoms with van der Waals surface area (Å²) in [6, 6.07) is 4.04. The first-order valence-corrected chi connectivity index (χ1v) is 7.84. The molecule has 0 spiro atoms. The second-order valence-corrected chi connectivity index (χ2v) is 6.29. The van der Waals surface area contributed by atoms with Gasteiger partial charge >= 0.3 is 6.18 Å². The number of aromatic nitrogens is 3. The van der Waals surface area contributed by atoms with Gasteiger partial charge in [0.1, 0.15) is 6.54 Å². The molecule has 0 aliphatic rings. The van der Waals surface area contributed by atoms with Gasteiger partial charge in [-0.1, -0.05) is 6.07 Å². The van der Waals surface area contributed by atoms with Gasteiger partial charge < -0.3 is 0 Å². The van der Waals surface area contributed by atoms with E-state index in [9.17, 15) is 26.4 Å². The Hall–Kier alpha value is -2.43. The first-order chi connectivity index (χ1) is 10.6. The fourth-order valence-electron chi connectivity index (χ4n) is 1.69. The van der Waals surface area contributed by atoms with Gasteiger partial charge in [-0.2, -0.15) is 18.3 Å². The van der Waals surface area contributed by atoms with Crippen LogP contribution in [0.4, 0.5) is 13.2 Å². The Bertz CT molecular complexity index is 787. The number of pyridine rings is 1. The lowest BCUT2D eigenvalue weighted by molar-refractivity contribution is -0.142. The summed E-state index contributed by atoms with van der Waals surface area (Å²) >= 11 is 0. The van der Waals surface area contributed by atoms with Crippen molar-refractivity contribution in [2.75, 3.05) is 0 Å². The molecule has 0 bridgehead atoms. The van der Waals surface area contributed by atoms with Crippen molar-refractivity contribution in [2.45, 2.75) is 18.5 Å². The van der Waals surface area contributed by atoms with Gasteiger partial charge in [0.15, 0.2) is 5.69 Å². The van der Waals surface area contributed by atoms with Crippen molar-refractivity contribution in [1.82, 2.24) is 19.5 Å². The van der Waals surface area contributed by atoms with Crippen LogP contribution in [0.1, 0.15) is 16.1 Å². The van der Waals surface area contributed by atoms with Crippen LogP contribution in [0.15, 0.2) is 36.8 Å². The van der Waals surface area contributed by atoms with Gasteiger partial charge in [-0.05, 0) is 17.7 Å². The fourth-order valence-corrected chi connectivity index (χ4v) is 2.76. The molecule has 0 aromatic carbocycles. The molecule has 0 radical (unpaired) electrons. The normalized spacial score (nSPS) is 12.1. The Morgan fingerprint density at radius 1 is 1.30 bits per heavy atom. The minimum Gasteiger partial charge on any atom is -0.266 e. The summed E-state index contributed by atoms with van der Waals surface area (Å²) in [6.45, 7) is -1.37. The number of sulfonamides is 1. The topological polar surface area (TPSA) is 94.0 Å². The lowest BCUT2D eigenvalue weighted by Gasteiger charge is -2.06. The zero-order chi connectivity index (χ0) is 17.1. The van der Waals surface area contributed by atoms with Gasteiger partial charge in [0.2, 0.25) is 10.0 Å². The molecule has 2 heterocycles. The van der Waals surface area contributed by atoms with Crippen LogP contribution in [0.3, 0.4) is 0 Å². The molecule has 0 fully saturated rings. The van der Waals surface area contributed by atoms with Gasteiger partial charge in [-0.15, -0.1) is 0 Å². The maximum atomic E-state index is 12.2. The molecule has 2 rings (SSSR count). The first kappa shape index (κ1) is 16.9. The zero-order valence-electron chi connectivity index (χ0n) is 11.5. The molecule has 124 valence electrons. The molecule has 1 N–H and O–H groups in total. The second kappa shape index (κ2) is 6.36. The first-order valence-electron chi connectivity index (χ1n) is 6.18. The van der Waals surface area contributed by atoms with Crippen molar-refractivity contribution in [1.29, 1.82) is 0 Å².